The van der Waals surface area contributed by atoms with E-state index in [1.165, 1.54) is 75.5 Å². The standard InChI is InChI=1S/C49H35NS/c1-49(2)45-19-7-5-14-41(45)42-30-29-37(31-46(42)49)50(35-25-21-33(22-26-35)39-16-9-12-32-11-3-4-13-38(32)39)36-27-23-34(24-28-36)40-17-10-18-44-43-15-6-8-20-47(43)51-48(40)44/h3-31H,1-2H3. The first-order valence-electron chi connectivity index (χ1n) is 17.7. The molecule has 0 amide bonds. The SMILES string of the molecule is CC1(C)c2ccccc2-c2ccc(N(c3ccc(-c4cccc5ccccc45)cc3)c3ccc(-c4cccc5c4sc4ccccc45)cc3)cc21. The quantitative estimate of drug-likeness (QED) is 0.176. The van der Waals surface area contributed by atoms with E-state index in [2.05, 4.69) is 195 Å². The van der Waals surface area contributed by atoms with Gasteiger partial charge in [0, 0.05) is 42.6 Å². The largest absolute Gasteiger partial charge is 0.310 e. The van der Waals surface area contributed by atoms with E-state index in [-0.39, 0.29) is 5.41 Å². The molecule has 2 heteroatoms. The number of hydrogen-bond acceptors (Lipinski definition) is 2. The van der Waals surface area contributed by atoms with Gasteiger partial charge in [-0.15, -0.1) is 11.3 Å². The van der Waals surface area contributed by atoms with Crippen LogP contribution < -0.4 is 4.90 Å². The van der Waals surface area contributed by atoms with Crippen LogP contribution in [0.1, 0.15) is 25.0 Å². The van der Waals surface area contributed by atoms with Gasteiger partial charge in [0.2, 0.25) is 0 Å². The minimum atomic E-state index is -0.0847. The maximum Gasteiger partial charge on any atom is 0.0465 e. The average molecular weight is 670 g/mol. The van der Waals surface area contributed by atoms with Crippen LogP contribution in [-0.2, 0) is 5.41 Å². The highest BCUT2D eigenvalue weighted by atomic mass is 32.1. The van der Waals surface area contributed by atoms with Crippen LogP contribution in [0.15, 0.2) is 176 Å². The maximum atomic E-state index is 2.42. The molecule has 9 aromatic rings. The van der Waals surface area contributed by atoms with Crippen molar-refractivity contribution in [2.75, 3.05) is 4.90 Å². The van der Waals surface area contributed by atoms with Gasteiger partial charge in [-0.25, -0.2) is 0 Å². The number of fused-ring (bicyclic) bond motifs is 7. The van der Waals surface area contributed by atoms with Crippen LogP contribution in [0.4, 0.5) is 17.1 Å². The summed E-state index contributed by atoms with van der Waals surface area (Å²) in [7, 11) is 0. The Morgan fingerprint density at radius 1 is 0.412 bits per heavy atom. The first kappa shape index (κ1) is 29.9. The molecule has 0 spiro atoms. The van der Waals surface area contributed by atoms with Crippen LogP contribution in [-0.4, -0.2) is 0 Å². The Balaban J connectivity index is 1.10. The average Bonchev–Trinajstić information content (AvgIpc) is 3.67. The molecule has 1 aromatic heterocycles. The van der Waals surface area contributed by atoms with Crippen LogP contribution in [0.2, 0.25) is 0 Å². The molecule has 0 atom stereocenters. The van der Waals surface area contributed by atoms with Crippen LogP contribution >= 0.6 is 11.3 Å². The lowest BCUT2D eigenvalue weighted by Gasteiger charge is -2.28. The van der Waals surface area contributed by atoms with Gasteiger partial charge in [0.15, 0.2) is 0 Å². The van der Waals surface area contributed by atoms with Crippen molar-refractivity contribution in [1.82, 2.24) is 0 Å². The van der Waals surface area contributed by atoms with E-state index < -0.39 is 0 Å². The third-order valence-corrected chi connectivity index (χ3v) is 12.1. The van der Waals surface area contributed by atoms with Gasteiger partial charge in [-0.2, -0.15) is 0 Å². The smallest absolute Gasteiger partial charge is 0.0465 e. The molecule has 242 valence electrons. The highest BCUT2D eigenvalue weighted by Gasteiger charge is 2.35. The normalized spacial score (nSPS) is 13.1. The predicted molar refractivity (Wildman–Crippen MR) is 220 cm³/mol. The maximum absolute atomic E-state index is 2.42. The molecule has 0 saturated heterocycles. The first-order valence-corrected chi connectivity index (χ1v) is 18.5. The molecule has 0 unspecified atom stereocenters. The van der Waals surface area contributed by atoms with Gasteiger partial charge >= 0.3 is 0 Å². The summed E-state index contributed by atoms with van der Waals surface area (Å²) in [5.41, 5.74) is 13.7. The molecule has 0 bridgehead atoms. The van der Waals surface area contributed by atoms with E-state index in [4.69, 9.17) is 0 Å². The minimum absolute atomic E-state index is 0.0847. The molecule has 51 heavy (non-hydrogen) atoms. The summed E-state index contributed by atoms with van der Waals surface area (Å²) in [5.74, 6) is 0. The fourth-order valence-corrected chi connectivity index (χ4v) is 9.55. The van der Waals surface area contributed by atoms with Gasteiger partial charge in [0.1, 0.15) is 0 Å². The predicted octanol–water partition coefficient (Wildman–Crippen LogP) is 14.3. The van der Waals surface area contributed by atoms with Crippen LogP contribution in [0.25, 0.3) is 64.3 Å². The lowest BCUT2D eigenvalue weighted by molar-refractivity contribution is 0.660. The molecular weight excluding hydrogens is 635 g/mol. The van der Waals surface area contributed by atoms with Crippen molar-refractivity contribution in [3.63, 3.8) is 0 Å². The number of hydrogen-bond donors (Lipinski definition) is 0. The highest BCUT2D eigenvalue weighted by molar-refractivity contribution is 7.26. The summed E-state index contributed by atoms with van der Waals surface area (Å²) in [6.45, 7) is 4.71. The van der Waals surface area contributed by atoms with Crippen LogP contribution in [0.3, 0.4) is 0 Å². The molecule has 0 N–H and O–H groups in total. The van der Waals surface area contributed by atoms with Gasteiger partial charge in [-0.3, -0.25) is 0 Å². The molecule has 0 radical (unpaired) electrons. The molecule has 1 nitrogen and oxygen atoms in total. The van der Waals surface area contributed by atoms with Gasteiger partial charge in [0.25, 0.3) is 0 Å². The second kappa shape index (κ2) is 11.6. The molecular formula is C49H35NS. The fourth-order valence-electron chi connectivity index (χ4n) is 8.31. The summed E-state index contributed by atoms with van der Waals surface area (Å²) in [5, 5.41) is 5.19. The van der Waals surface area contributed by atoms with Crippen molar-refractivity contribution in [1.29, 1.82) is 0 Å². The monoisotopic (exact) mass is 669 g/mol. The van der Waals surface area contributed by atoms with E-state index in [0.29, 0.717) is 0 Å². The van der Waals surface area contributed by atoms with E-state index in [1.807, 2.05) is 11.3 Å². The number of nitrogens with zero attached hydrogens (tertiary/aromatic N) is 1. The molecule has 0 aliphatic heterocycles. The zero-order valence-electron chi connectivity index (χ0n) is 28.6. The van der Waals surface area contributed by atoms with Crippen molar-refractivity contribution in [3.8, 4) is 33.4 Å². The van der Waals surface area contributed by atoms with Gasteiger partial charge < -0.3 is 4.90 Å². The Morgan fingerprint density at radius 3 is 1.76 bits per heavy atom. The third-order valence-electron chi connectivity index (χ3n) is 10.9. The van der Waals surface area contributed by atoms with E-state index in [0.717, 1.165) is 17.1 Å². The Hall–Kier alpha value is -5.96. The van der Waals surface area contributed by atoms with E-state index >= 15 is 0 Å². The zero-order chi connectivity index (χ0) is 34.1. The number of benzene rings is 8. The van der Waals surface area contributed by atoms with Gasteiger partial charge in [0.05, 0.1) is 0 Å². The molecule has 0 saturated carbocycles. The fraction of sp³-hybridized carbons (Fsp3) is 0.0612. The van der Waals surface area contributed by atoms with Gasteiger partial charge in [-0.1, -0.05) is 147 Å². The molecule has 0 fully saturated rings. The van der Waals surface area contributed by atoms with Crippen molar-refractivity contribution in [3.05, 3.63) is 187 Å². The number of rotatable bonds is 5. The lowest BCUT2D eigenvalue weighted by Crippen LogP contribution is -2.16. The van der Waals surface area contributed by atoms with Crippen LogP contribution in [0.5, 0.6) is 0 Å². The summed E-state index contributed by atoms with van der Waals surface area (Å²) >= 11 is 1.88. The summed E-state index contributed by atoms with van der Waals surface area (Å²) in [4.78, 5) is 2.41. The van der Waals surface area contributed by atoms with E-state index in [9.17, 15) is 0 Å². The summed E-state index contributed by atoms with van der Waals surface area (Å²) < 4.78 is 2.67. The van der Waals surface area contributed by atoms with Crippen molar-refractivity contribution >= 4 is 59.3 Å². The van der Waals surface area contributed by atoms with Gasteiger partial charge in [-0.05, 0) is 97.7 Å². The third kappa shape index (κ3) is 4.75. The minimum Gasteiger partial charge on any atom is -0.310 e. The number of anilines is 3. The van der Waals surface area contributed by atoms with E-state index in [1.54, 1.807) is 0 Å². The Labute approximate surface area is 302 Å². The molecule has 1 aliphatic carbocycles. The molecule has 1 heterocycles. The molecule has 10 rings (SSSR count). The number of thiophene rings is 1. The van der Waals surface area contributed by atoms with Crippen molar-refractivity contribution in [2.24, 2.45) is 0 Å². The Kier molecular flexibility index (Phi) is 6.78. The van der Waals surface area contributed by atoms with Crippen LogP contribution in [0, 0.1) is 0 Å². The highest BCUT2D eigenvalue weighted by Crippen LogP contribution is 2.51. The zero-order valence-corrected chi connectivity index (χ0v) is 29.4. The Bertz CT molecular complexity index is 2760. The lowest BCUT2D eigenvalue weighted by atomic mass is 9.82. The Morgan fingerprint density at radius 2 is 0.961 bits per heavy atom. The second-order valence-corrected chi connectivity index (χ2v) is 15.2. The first-order chi connectivity index (χ1) is 25.0. The summed E-state index contributed by atoms with van der Waals surface area (Å²) in [6.07, 6.45) is 0. The second-order valence-electron chi connectivity index (χ2n) is 14.1. The topological polar surface area (TPSA) is 3.24 Å². The molecule has 8 aromatic carbocycles. The van der Waals surface area contributed by atoms with Crippen molar-refractivity contribution < 1.29 is 0 Å². The summed E-state index contributed by atoms with van der Waals surface area (Å²) in [6, 6.07) is 64.8. The molecule has 1 aliphatic rings. The van der Waals surface area contributed by atoms with Crippen molar-refractivity contribution in [2.45, 2.75) is 19.3 Å².